The molecule has 0 amide bonds. The Labute approximate surface area is 204 Å². The SMILES string of the molecule is COc1c2c(c(C)c3c1C(=O)OC3)O[C@@]1(C)C[C@H](O)[C@]34O[C@](OC)(OC3(C)C)[C@H](O)C[C@]4(C)[C@@H]1C2. The first-order chi connectivity index (χ1) is 16.3. The Morgan fingerprint density at radius 2 is 1.71 bits per heavy atom. The Morgan fingerprint density at radius 1 is 1.00 bits per heavy atom. The molecular formula is C26H34O9. The number of hydrogen-bond donors (Lipinski definition) is 2. The summed E-state index contributed by atoms with van der Waals surface area (Å²) in [6.45, 7) is 9.91. The van der Waals surface area contributed by atoms with Crippen LogP contribution < -0.4 is 9.47 Å². The van der Waals surface area contributed by atoms with Crippen LogP contribution in [-0.4, -0.2) is 65.4 Å². The Hall–Kier alpha value is -1.91. The highest BCUT2D eigenvalue weighted by Crippen LogP contribution is 2.70. The summed E-state index contributed by atoms with van der Waals surface area (Å²) >= 11 is 0. The van der Waals surface area contributed by atoms with Crippen LogP contribution >= 0.6 is 0 Å². The minimum Gasteiger partial charge on any atom is -0.495 e. The zero-order chi connectivity index (χ0) is 25.3. The number of aliphatic hydroxyl groups excluding tert-OH is 2. The summed E-state index contributed by atoms with van der Waals surface area (Å²) < 4.78 is 36.3. The number of benzene rings is 1. The van der Waals surface area contributed by atoms with E-state index in [2.05, 4.69) is 0 Å². The second kappa shape index (κ2) is 6.69. The molecule has 1 aliphatic carbocycles. The molecule has 0 radical (unpaired) electrons. The first-order valence-electron chi connectivity index (χ1n) is 12.2. The molecule has 2 bridgehead atoms. The zero-order valence-electron chi connectivity index (χ0n) is 21.3. The van der Waals surface area contributed by atoms with Gasteiger partial charge in [-0.1, -0.05) is 6.92 Å². The quantitative estimate of drug-likeness (QED) is 0.603. The van der Waals surface area contributed by atoms with Crippen LogP contribution in [0.25, 0.3) is 0 Å². The van der Waals surface area contributed by atoms with E-state index >= 15 is 0 Å². The van der Waals surface area contributed by atoms with E-state index in [0.29, 0.717) is 29.9 Å². The van der Waals surface area contributed by atoms with Gasteiger partial charge in [-0.25, -0.2) is 4.79 Å². The third kappa shape index (κ3) is 2.44. The molecule has 9 heteroatoms. The normalized spacial score (nSPS) is 44.5. The number of hydrogen-bond acceptors (Lipinski definition) is 9. The molecular weight excluding hydrogens is 456 g/mol. The van der Waals surface area contributed by atoms with Crippen molar-refractivity contribution in [1.82, 2.24) is 0 Å². The minimum absolute atomic E-state index is 0.182. The highest BCUT2D eigenvalue weighted by molar-refractivity contribution is 5.98. The third-order valence-electron chi connectivity index (χ3n) is 9.70. The summed E-state index contributed by atoms with van der Waals surface area (Å²) in [6.07, 6.45) is -0.954. The molecule has 4 heterocycles. The summed E-state index contributed by atoms with van der Waals surface area (Å²) in [7, 11) is 2.99. The van der Waals surface area contributed by atoms with Gasteiger partial charge in [0.25, 0.3) is 0 Å². The van der Waals surface area contributed by atoms with Crippen molar-refractivity contribution in [3.8, 4) is 11.5 Å². The number of carbonyl (C=O) groups is 1. The van der Waals surface area contributed by atoms with Gasteiger partial charge >= 0.3 is 11.9 Å². The number of methoxy groups -OCH3 is 2. The molecule has 1 saturated carbocycles. The molecule has 4 aliphatic heterocycles. The smallest absolute Gasteiger partial charge is 0.342 e. The standard InChI is InChI=1S/C26H34O9/c1-12-14-11-32-21(29)18(14)20(30-6)13-8-15-23(4)9-17(28)26(31-7)34-22(2,3)25(23,35-26)16(27)10-24(15,5)33-19(12)13/h15-17,27-28H,8-11H2,1-7H3/t15-,16-,17+,23+,24-,25-,26+/m0/s1. The summed E-state index contributed by atoms with van der Waals surface area (Å²) in [5, 5.41) is 23.0. The number of rotatable bonds is 2. The number of esters is 1. The van der Waals surface area contributed by atoms with Crippen molar-refractivity contribution in [3.63, 3.8) is 0 Å². The van der Waals surface area contributed by atoms with E-state index in [9.17, 15) is 15.0 Å². The van der Waals surface area contributed by atoms with Gasteiger partial charge in [0.05, 0.1) is 13.2 Å². The maximum atomic E-state index is 12.6. The van der Waals surface area contributed by atoms with Crippen LogP contribution in [0.15, 0.2) is 0 Å². The van der Waals surface area contributed by atoms with Crippen LogP contribution in [0.1, 0.15) is 67.6 Å². The lowest BCUT2D eigenvalue weighted by molar-refractivity contribution is -0.423. The predicted molar refractivity (Wildman–Crippen MR) is 121 cm³/mol. The monoisotopic (exact) mass is 490 g/mol. The van der Waals surface area contributed by atoms with Gasteiger partial charge in [0.1, 0.15) is 46.6 Å². The molecule has 192 valence electrons. The van der Waals surface area contributed by atoms with E-state index in [1.807, 2.05) is 34.6 Å². The highest BCUT2D eigenvalue weighted by Gasteiger charge is 2.82. The van der Waals surface area contributed by atoms with Crippen LogP contribution in [0.2, 0.25) is 0 Å². The first-order valence-corrected chi connectivity index (χ1v) is 12.2. The van der Waals surface area contributed by atoms with E-state index in [1.54, 1.807) is 7.11 Å². The van der Waals surface area contributed by atoms with Gasteiger partial charge in [0, 0.05) is 36.0 Å². The molecule has 0 unspecified atom stereocenters. The second-order valence-corrected chi connectivity index (χ2v) is 11.7. The lowest BCUT2D eigenvalue weighted by Gasteiger charge is -2.66. The van der Waals surface area contributed by atoms with Gasteiger partial charge in [-0.15, -0.1) is 0 Å². The Morgan fingerprint density at radius 3 is 2.37 bits per heavy atom. The van der Waals surface area contributed by atoms with Gasteiger partial charge in [-0.05, 0) is 46.1 Å². The second-order valence-electron chi connectivity index (χ2n) is 11.7. The van der Waals surface area contributed by atoms with Gasteiger partial charge < -0.3 is 38.6 Å². The molecule has 1 spiro atoms. The molecule has 1 aromatic carbocycles. The number of cyclic esters (lactones) is 1. The molecule has 2 N–H and O–H groups in total. The summed E-state index contributed by atoms with van der Waals surface area (Å²) in [6, 6.07) is 0. The van der Waals surface area contributed by atoms with Gasteiger partial charge in [0.15, 0.2) is 0 Å². The fourth-order valence-electron chi connectivity index (χ4n) is 8.32. The average molecular weight is 491 g/mol. The van der Waals surface area contributed by atoms with Crippen molar-refractivity contribution in [2.24, 2.45) is 11.3 Å². The van der Waals surface area contributed by atoms with Gasteiger partial charge in [0.2, 0.25) is 0 Å². The average Bonchev–Trinajstić information content (AvgIpc) is 3.27. The van der Waals surface area contributed by atoms with Crippen molar-refractivity contribution >= 4 is 5.97 Å². The lowest BCUT2D eigenvalue weighted by Crippen LogP contribution is -2.78. The largest absolute Gasteiger partial charge is 0.495 e. The van der Waals surface area contributed by atoms with Crippen LogP contribution in [0.5, 0.6) is 11.5 Å². The summed E-state index contributed by atoms with van der Waals surface area (Å²) in [5.41, 5.74) is -0.813. The van der Waals surface area contributed by atoms with E-state index in [-0.39, 0.29) is 18.9 Å². The van der Waals surface area contributed by atoms with Crippen LogP contribution in [0, 0.1) is 18.3 Å². The number of carbonyl (C=O) groups excluding carboxylic acids is 1. The Balaban J connectivity index is 1.57. The maximum absolute atomic E-state index is 12.6. The molecule has 9 nitrogen and oxygen atoms in total. The maximum Gasteiger partial charge on any atom is 0.342 e. The van der Waals surface area contributed by atoms with E-state index in [4.69, 9.17) is 28.4 Å². The number of aliphatic hydroxyl groups is 2. The van der Waals surface area contributed by atoms with E-state index in [0.717, 1.165) is 16.7 Å². The summed E-state index contributed by atoms with van der Waals surface area (Å²) in [4.78, 5) is 12.6. The van der Waals surface area contributed by atoms with Gasteiger partial charge in [-0.2, -0.15) is 0 Å². The third-order valence-corrected chi connectivity index (χ3v) is 9.70. The van der Waals surface area contributed by atoms with Crippen LogP contribution in [-0.2, 0) is 32.0 Å². The van der Waals surface area contributed by atoms with Crippen molar-refractivity contribution in [1.29, 1.82) is 0 Å². The molecule has 35 heavy (non-hydrogen) atoms. The lowest BCUT2D eigenvalue weighted by atomic mass is 9.45. The fourth-order valence-corrected chi connectivity index (χ4v) is 8.32. The first kappa shape index (κ1) is 23.5. The van der Waals surface area contributed by atoms with Crippen molar-refractivity contribution in [3.05, 3.63) is 22.3 Å². The number of fused-ring (bicyclic) bond motifs is 5. The number of ether oxygens (including phenoxy) is 6. The van der Waals surface area contributed by atoms with Crippen molar-refractivity contribution in [2.75, 3.05) is 14.2 Å². The highest BCUT2D eigenvalue weighted by atomic mass is 16.9. The Kier molecular flexibility index (Phi) is 4.49. The summed E-state index contributed by atoms with van der Waals surface area (Å²) in [5.74, 6) is -1.11. The van der Waals surface area contributed by atoms with Crippen molar-refractivity contribution in [2.45, 2.75) is 95.5 Å². The minimum atomic E-state index is -1.65. The van der Waals surface area contributed by atoms with Crippen LogP contribution in [0.3, 0.4) is 0 Å². The van der Waals surface area contributed by atoms with Gasteiger partial charge in [-0.3, -0.25) is 0 Å². The molecule has 1 aromatic rings. The predicted octanol–water partition coefficient (Wildman–Crippen LogP) is 2.38. The molecule has 3 fully saturated rings. The fraction of sp³-hybridized carbons (Fsp3) is 0.731. The van der Waals surface area contributed by atoms with E-state index in [1.165, 1.54) is 7.11 Å². The molecule has 5 aliphatic rings. The Bertz CT molecular complexity index is 1150. The zero-order valence-corrected chi connectivity index (χ0v) is 21.3. The topological polar surface area (TPSA) is 113 Å². The van der Waals surface area contributed by atoms with E-state index < -0.39 is 46.4 Å². The molecule has 0 aromatic heterocycles. The van der Waals surface area contributed by atoms with Crippen molar-refractivity contribution < 1.29 is 43.4 Å². The molecule has 7 atom stereocenters. The molecule has 2 saturated heterocycles. The van der Waals surface area contributed by atoms with Crippen LogP contribution in [0.4, 0.5) is 0 Å². The molecule has 6 rings (SSSR count).